The first-order chi connectivity index (χ1) is 6.11. The first-order valence-electron chi connectivity index (χ1n) is 4.08. The van der Waals surface area contributed by atoms with E-state index in [0.29, 0.717) is 13.0 Å². The summed E-state index contributed by atoms with van der Waals surface area (Å²) in [7, 11) is 0. The van der Waals surface area contributed by atoms with Gasteiger partial charge in [-0.05, 0) is 31.3 Å². The Bertz CT molecular complexity index is 284. The van der Waals surface area contributed by atoms with Crippen molar-refractivity contribution in [3.8, 4) is 0 Å². The van der Waals surface area contributed by atoms with Crippen LogP contribution in [0.3, 0.4) is 0 Å². The third-order valence-corrected chi connectivity index (χ3v) is 3.32. The third-order valence-electron chi connectivity index (χ3n) is 2.18. The Morgan fingerprint density at radius 2 is 2.46 bits per heavy atom. The molecule has 1 atom stereocenters. The lowest BCUT2D eigenvalue weighted by atomic mass is 9.85. The van der Waals surface area contributed by atoms with E-state index in [1.807, 2.05) is 17.5 Å². The molecule has 4 heteroatoms. The van der Waals surface area contributed by atoms with Gasteiger partial charge in [0.05, 0.1) is 0 Å². The summed E-state index contributed by atoms with van der Waals surface area (Å²) in [5, 5.41) is 11.0. The Labute approximate surface area is 81.2 Å². The van der Waals surface area contributed by atoms with Crippen LogP contribution in [0.4, 0.5) is 0 Å². The standard InChI is InChI=1S/C9H13NO2S/c1-9(4-5-10,8(11)12)7-3-2-6-13-7/h2-3,6H,4-5,10H2,1H3,(H,11,12). The summed E-state index contributed by atoms with van der Waals surface area (Å²) < 4.78 is 0. The minimum atomic E-state index is -0.817. The van der Waals surface area contributed by atoms with Crippen molar-refractivity contribution in [2.75, 3.05) is 6.54 Å². The van der Waals surface area contributed by atoms with Gasteiger partial charge >= 0.3 is 5.97 Å². The van der Waals surface area contributed by atoms with Gasteiger partial charge in [-0.1, -0.05) is 6.07 Å². The minimum absolute atomic E-state index is 0.390. The molecule has 0 saturated carbocycles. The topological polar surface area (TPSA) is 63.3 Å². The molecular weight excluding hydrogens is 186 g/mol. The fraction of sp³-hybridized carbons (Fsp3) is 0.444. The number of thiophene rings is 1. The zero-order chi connectivity index (χ0) is 9.90. The third kappa shape index (κ3) is 1.89. The highest BCUT2D eigenvalue weighted by Gasteiger charge is 2.35. The van der Waals surface area contributed by atoms with Crippen LogP contribution in [0, 0.1) is 0 Å². The first-order valence-corrected chi connectivity index (χ1v) is 4.96. The number of carboxylic acids is 1. The molecule has 0 aliphatic carbocycles. The average Bonchev–Trinajstić information content (AvgIpc) is 2.56. The number of rotatable bonds is 4. The number of hydrogen-bond acceptors (Lipinski definition) is 3. The van der Waals surface area contributed by atoms with Crippen molar-refractivity contribution < 1.29 is 9.90 Å². The van der Waals surface area contributed by atoms with E-state index >= 15 is 0 Å². The summed E-state index contributed by atoms with van der Waals surface area (Å²) in [5.74, 6) is -0.805. The number of carbonyl (C=O) groups is 1. The molecule has 13 heavy (non-hydrogen) atoms. The zero-order valence-electron chi connectivity index (χ0n) is 7.49. The van der Waals surface area contributed by atoms with Crippen molar-refractivity contribution in [1.29, 1.82) is 0 Å². The van der Waals surface area contributed by atoms with Crippen molar-refractivity contribution in [2.24, 2.45) is 5.73 Å². The Balaban J connectivity index is 2.98. The van der Waals surface area contributed by atoms with Crippen LogP contribution in [-0.2, 0) is 10.2 Å². The van der Waals surface area contributed by atoms with E-state index in [1.165, 1.54) is 11.3 Å². The molecule has 0 saturated heterocycles. The Hall–Kier alpha value is -0.870. The molecule has 1 rings (SSSR count). The summed E-state index contributed by atoms with van der Waals surface area (Å²) in [6.07, 6.45) is 0.475. The average molecular weight is 199 g/mol. The lowest BCUT2D eigenvalue weighted by Crippen LogP contribution is -2.33. The van der Waals surface area contributed by atoms with E-state index in [2.05, 4.69) is 0 Å². The van der Waals surface area contributed by atoms with Gasteiger partial charge in [0.15, 0.2) is 0 Å². The second-order valence-electron chi connectivity index (χ2n) is 3.15. The van der Waals surface area contributed by atoms with E-state index < -0.39 is 11.4 Å². The van der Waals surface area contributed by atoms with Gasteiger partial charge in [-0.25, -0.2) is 0 Å². The van der Waals surface area contributed by atoms with E-state index in [-0.39, 0.29) is 0 Å². The van der Waals surface area contributed by atoms with Crippen LogP contribution in [0.15, 0.2) is 17.5 Å². The molecule has 0 aromatic carbocycles. The normalized spacial score (nSPS) is 15.2. The molecule has 0 bridgehead atoms. The number of aliphatic carboxylic acids is 1. The zero-order valence-corrected chi connectivity index (χ0v) is 8.30. The van der Waals surface area contributed by atoms with Gasteiger partial charge in [0.25, 0.3) is 0 Å². The van der Waals surface area contributed by atoms with E-state index in [1.54, 1.807) is 6.92 Å². The van der Waals surface area contributed by atoms with Gasteiger partial charge in [0.1, 0.15) is 5.41 Å². The maximum Gasteiger partial charge on any atom is 0.314 e. The molecule has 72 valence electrons. The van der Waals surface area contributed by atoms with Gasteiger partial charge in [0.2, 0.25) is 0 Å². The van der Waals surface area contributed by atoms with Gasteiger partial charge in [-0.3, -0.25) is 4.79 Å². The summed E-state index contributed by atoms with van der Waals surface area (Å²) in [5.41, 5.74) is 4.58. The van der Waals surface area contributed by atoms with Crippen LogP contribution in [0.5, 0.6) is 0 Å². The van der Waals surface area contributed by atoms with Crippen LogP contribution in [0.2, 0.25) is 0 Å². The maximum absolute atomic E-state index is 11.1. The van der Waals surface area contributed by atoms with E-state index in [0.717, 1.165) is 4.88 Å². The van der Waals surface area contributed by atoms with Crippen LogP contribution in [-0.4, -0.2) is 17.6 Å². The highest BCUT2D eigenvalue weighted by Crippen LogP contribution is 2.30. The van der Waals surface area contributed by atoms with Gasteiger partial charge in [-0.2, -0.15) is 0 Å². The fourth-order valence-corrected chi connectivity index (χ4v) is 2.13. The molecule has 0 aliphatic heterocycles. The largest absolute Gasteiger partial charge is 0.481 e. The van der Waals surface area contributed by atoms with Crippen molar-refractivity contribution in [1.82, 2.24) is 0 Å². The van der Waals surface area contributed by atoms with Crippen molar-refractivity contribution in [3.05, 3.63) is 22.4 Å². The summed E-state index contributed by atoms with van der Waals surface area (Å²) in [4.78, 5) is 11.9. The van der Waals surface area contributed by atoms with Crippen molar-refractivity contribution in [2.45, 2.75) is 18.8 Å². The molecule has 1 aromatic heterocycles. The summed E-state index contributed by atoms with van der Waals surface area (Å²) in [6.45, 7) is 2.11. The Morgan fingerprint density at radius 3 is 2.85 bits per heavy atom. The molecule has 0 fully saturated rings. The molecule has 3 nitrogen and oxygen atoms in total. The minimum Gasteiger partial charge on any atom is -0.481 e. The summed E-state index contributed by atoms with van der Waals surface area (Å²) in [6, 6.07) is 3.70. The molecule has 0 radical (unpaired) electrons. The van der Waals surface area contributed by atoms with Crippen molar-refractivity contribution >= 4 is 17.3 Å². The second kappa shape index (κ2) is 3.89. The highest BCUT2D eigenvalue weighted by molar-refractivity contribution is 7.10. The fourth-order valence-electron chi connectivity index (χ4n) is 1.22. The molecule has 3 N–H and O–H groups in total. The number of carboxylic acid groups (broad SMARTS) is 1. The lowest BCUT2D eigenvalue weighted by molar-refractivity contribution is -0.143. The molecule has 0 aliphatic rings. The Kier molecular flexibility index (Phi) is 3.06. The van der Waals surface area contributed by atoms with Crippen molar-refractivity contribution in [3.63, 3.8) is 0 Å². The summed E-state index contributed by atoms with van der Waals surface area (Å²) >= 11 is 1.46. The number of hydrogen-bond donors (Lipinski definition) is 2. The van der Waals surface area contributed by atoms with Gasteiger partial charge in [-0.15, -0.1) is 11.3 Å². The molecule has 0 spiro atoms. The van der Waals surface area contributed by atoms with Crippen LogP contribution < -0.4 is 5.73 Å². The highest BCUT2D eigenvalue weighted by atomic mass is 32.1. The SMILES string of the molecule is CC(CCN)(C(=O)O)c1cccs1. The van der Waals surface area contributed by atoms with Crippen LogP contribution in [0.1, 0.15) is 18.2 Å². The van der Waals surface area contributed by atoms with Gasteiger partial charge < -0.3 is 10.8 Å². The molecule has 1 unspecified atom stereocenters. The van der Waals surface area contributed by atoms with E-state index in [9.17, 15) is 4.79 Å². The first kappa shape index (κ1) is 10.2. The smallest absolute Gasteiger partial charge is 0.314 e. The maximum atomic E-state index is 11.1. The second-order valence-corrected chi connectivity index (χ2v) is 4.10. The predicted octanol–water partition coefficient (Wildman–Crippen LogP) is 1.44. The molecule has 1 aromatic rings. The molecular formula is C9H13NO2S. The van der Waals surface area contributed by atoms with Crippen LogP contribution >= 0.6 is 11.3 Å². The number of nitrogens with two attached hydrogens (primary N) is 1. The Morgan fingerprint density at radius 1 is 1.77 bits per heavy atom. The van der Waals surface area contributed by atoms with Crippen LogP contribution in [0.25, 0.3) is 0 Å². The van der Waals surface area contributed by atoms with Gasteiger partial charge in [0, 0.05) is 4.88 Å². The predicted molar refractivity (Wildman–Crippen MR) is 53.0 cm³/mol. The molecule has 1 heterocycles. The quantitative estimate of drug-likeness (QED) is 0.771. The van der Waals surface area contributed by atoms with E-state index in [4.69, 9.17) is 10.8 Å². The monoisotopic (exact) mass is 199 g/mol. The lowest BCUT2D eigenvalue weighted by Gasteiger charge is -2.22. The molecule has 0 amide bonds.